The lowest BCUT2D eigenvalue weighted by Crippen LogP contribution is -2.66. The molecule has 29 heavy (non-hydrogen) atoms. The third kappa shape index (κ3) is 4.54. The van der Waals surface area contributed by atoms with Gasteiger partial charge in [-0.05, 0) is 31.6 Å². The molecule has 3 N–H and O–H groups in total. The van der Waals surface area contributed by atoms with Gasteiger partial charge in [0.15, 0.2) is 11.0 Å². The number of nitrogens with zero attached hydrogens (tertiary/aromatic N) is 2. The normalized spacial score (nSPS) is 25.1. The summed E-state index contributed by atoms with van der Waals surface area (Å²) >= 11 is 1.16. The summed E-state index contributed by atoms with van der Waals surface area (Å²) < 4.78 is 5.36. The number of hydrogen-bond acceptors (Lipinski definition) is 8. The molecule has 160 valence electrons. The van der Waals surface area contributed by atoms with Crippen LogP contribution in [0.1, 0.15) is 44.9 Å². The van der Waals surface area contributed by atoms with Crippen LogP contribution >= 0.6 is 11.8 Å². The van der Waals surface area contributed by atoms with Crippen LogP contribution in [0.25, 0.3) is 0 Å². The summed E-state index contributed by atoms with van der Waals surface area (Å²) in [5, 5.41) is 4.17. The van der Waals surface area contributed by atoms with E-state index in [1.54, 1.807) is 0 Å². The maximum absolute atomic E-state index is 13.4. The molecule has 0 bridgehead atoms. The van der Waals surface area contributed by atoms with Crippen molar-refractivity contribution < 1.29 is 23.9 Å². The lowest BCUT2D eigenvalue weighted by atomic mass is 9.68. The number of ether oxygens (including phenoxy) is 1. The molecule has 1 unspecified atom stereocenters. The summed E-state index contributed by atoms with van der Waals surface area (Å²) in [6.45, 7) is 0.810. The number of nitrogens with two attached hydrogens (primary N) is 1. The number of carbonyl (C=O) groups is 4. The summed E-state index contributed by atoms with van der Waals surface area (Å²) in [5.41, 5.74) is 6.82. The van der Waals surface area contributed by atoms with Crippen LogP contribution < -0.4 is 11.2 Å². The molecule has 2 aliphatic heterocycles. The molecule has 10 heteroatoms. The Morgan fingerprint density at radius 3 is 2.41 bits per heavy atom. The summed E-state index contributed by atoms with van der Waals surface area (Å²) in [6.07, 6.45) is 5.21. The zero-order valence-electron chi connectivity index (χ0n) is 16.6. The van der Waals surface area contributed by atoms with Gasteiger partial charge in [0.2, 0.25) is 11.7 Å². The Kier molecular flexibility index (Phi) is 7.07. The molecule has 1 aliphatic carbocycles. The van der Waals surface area contributed by atoms with Crippen molar-refractivity contribution in [1.29, 1.82) is 0 Å². The Balaban J connectivity index is 1.79. The van der Waals surface area contributed by atoms with Crippen LogP contribution in [0.3, 0.4) is 0 Å². The van der Waals surface area contributed by atoms with E-state index in [4.69, 9.17) is 10.5 Å². The zero-order valence-corrected chi connectivity index (χ0v) is 17.5. The molecule has 1 atom stereocenters. The van der Waals surface area contributed by atoms with E-state index >= 15 is 0 Å². The van der Waals surface area contributed by atoms with Gasteiger partial charge in [0.1, 0.15) is 5.54 Å². The first kappa shape index (κ1) is 21.9. The van der Waals surface area contributed by atoms with Gasteiger partial charge in [-0.2, -0.15) is 0 Å². The predicted octanol–water partition coefficient (Wildman–Crippen LogP) is 0.421. The number of amidine groups is 1. The molecule has 9 nitrogen and oxygen atoms in total. The molecule has 0 aromatic heterocycles. The largest absolute Gasteiger partial charge is 0.381 e. The van der Waals surface area contributed by atoms with Gasteiger partial charge in [0, 0.05) is 26.2 Å². The first-order chi connectivity index (χ1) is 13.9. The molecular formula is C19H28N4O5S. The minimum Gasteiger partial charge on any atom is -0.381 e. The molecule has 3 aliphatic rings. The van der Waals surface area contributed by atoms with Gasteiger partial charge >= 0.3 is 5.91 Å². The van der Waals surface area contributed by atoms with Gasteiger partial charge < -0.3 is 10.5 Å². The second-order valence-corrected chi connectivity index (χ2v) is 8.80. The first-order valence-corrected chi connectivity index (χ1v) is 11.1. The standard InChI is InChI=1S/C19H28N4O5S/c1-23-14(24)11-29-18(23)22-21-17(27)16(26)19(20,13-7-9-28-10-8-13)15(25)12-5-3-2-4-6-12/h12-13H,2-11,20H2,1H3,(H,21,27). The first-order valence-electron chi connectivity index (χ1n) is 10.1. The van der Waals surface area contributed by atoms with E-state index in [0.717, 1.165) is 31.0 Å². The molecule has 0 aromatic carbocycles. The van der Waals surface area contributed by atoms with Crippen LogP contribution in [0.15, 0.2) is 5.10 Å². The predicted molar refractivity (Wildman–Crippen MR) is 108 cm³/mol. The summed E-state index contributed by atoms with van der Waals surface area (Å²) in [4.78, 5) is 52.0. The van der Waals surface area contributed by atoms with Gasteiger partial charge in [0.05, 0.1) is 5.75 Å². The highest BCUT2D eigenvalue weighted by Gasteiger charge is 2.53. The van der Waals surface area contributed by atoms with Crippen molar-refractivity contribution in [1.82, 2.24) is 10.3 Å². The number of amides is 2. The molecule has 1 saturated carbocycles. The minimum absolute atomic E-state index is 0.142. The fraction of sp³-hybridized carbons (Fsp3) is 0.737. The fourth-order valence-corrected chi connectivity index (χ4v) is 5.08. The van der Waals surface area contributed by atoms with Crippen LogP contribution in [0.2, 0.25) is 0 Å². The van der Waals surface area contributed by atoms with Crippen LogP contribution in [-0.2, 0) is 23.9 Å². The highest BCUT2D eigenvalue weighted by Crippen LogP contribution is 2.34. The molecule has 2 heterocycles. The smallest absolute Gasteiger partial charge is 0.310 e. The molecule has 0 spiro atoms. The Morgan fingerprint density at radius 2 is 1.83 bits per heavy atom. The van der Waals surface area contributed by atoms with Crippen molar-refractivity contribution in [2.75, 3.05) is 26.0 Å². The van der Waals surface area contributed by atoms with Gasteiger partial charge in [0.25, 0.3) is 0 Å². The zero-order chi connectivity index (χ0) is 21.0. The number of ketones is 2. The van der Waals surface area contributed by atoms with E-state index in [0.29, 0.717) is 44.1 Å². The molecule has 0 aromatic rings. The third-order valence-corrected chi connectivity index (χ3v) is 7.08. The Hall–Kier alpha value is -1.78. The van der Waals surface area contributed by atoms with E-state index in [1.807, 2.05) is 0 Å². The van der Waals surface area contributed by atoms with Gasteiger partial charge in [-0.25, -0.2) is 5.43 Å². The molecule has 2 amide bonds. The van der Waals surface area contributed by atoms with Crippen molar-refractivity contribution in [3.05, 3.63) is 0 Å². The average molecular weight is 425 g/mol. The van der Waals surface area contributed by atoms with Crippen LogP contribution in [0.5, 0.6) is 0 Å². The van der Waals surface area contributed by atoms with Crippen LogP contribution in [0.4, 0.5) is 0 Å². The lowest BCUT2D eigenvalue weighted by molar-refractivity contribution is -0.149. The number of rotatable bonds is 6. The molecule has 3 rings (SSSR count). The number of carbonyl (C=O) groups excluding carboxylic acids is 4. The summed E-state index contributed by atoms with van der Waals surface area (Å²) in [7, 11) is 1.54. The third-order valence-electron chi connectivity index (χ3n) is 6.07. The van der Waals surface area contributed by atoms with Crippen molar-refractivity contribution in [3.8, 4) is 0 Å². The highest BCUT2D eigenvalue weighted by molar-refractivity contribution is 8.15. The number of hydrogen-bond donors (Lipinski definition) is 2. The lowest BCUT2D eigenvalue weighted by Gasteiger charge is -2.39. The molecule has 3 fully saturated rings. The second kappa shape index (κ2) is 9.36. The molecule has 0 radical (unpaired) electrons. The van der Waals surface area contributed by atoms with Crippen molar-refractivity contribution in [2.24, 2.45) is 22.7 Å². The summed E-state index contributed by atoms with van der Waals surface area (Å²) in [6, 6.07) is 0. The molecular weight excluding hydrogens is 396 g/mol. The number of thioether (sulfide) groups is 1. The van der Waals surface area contributed by atoms with E-state index in [2.05, 4.69) is 10.5 Å². The van der Waals surface area contributed by atoms with Crippen LogP contribution in [0, 0.1) is 11.8 Å². The van der Waals surface area contributed by atoms with E-state index in [9.17, 15) is 19.2 Å². The maximum atomic E-state index is 13.4. The summed E-state index contributed by atoms with van der Waals surface area (Å²) in [5.74, 6) is -2.97. The average Bonchev–Trinajstić information content (AvgIpc) is 3.09. The highest BCUT2D eigenvalue weighted by atomic mass is 32.2. The van der Waals surface area contributed by atoms with E-state index < -0.39 is 23.1 Å². The quantitative estimate of drug-likeness (QED) is 0.359. The van der Waals surface area contributed by atoms with Crippen molar-refractivity contribution in [3.63, 3.8) is 0 Å². The monoisotopic (exact) mass is 424 g/mol. The van der Waals surface area contributed by atoms with Crippen LogP contribution in [-0.4, -0.2) is 65.0 Å². The topological polar surface area (TPSA) is 131 Å². The SMILES string of the molecule is CN1C(=O)CSC1=NNC(=O)C(=O)C(N)(C(=O)C1CCCCC1)C1CCOCC1. The Bertz CT molecular complexity index is 715. The molecule has 2 saturated heterocycles. The van der Waals surface area contributed by atoms with Crippen molar-refractivity contribution >= 4 is 40.3 Å². The Morgan fingerprint density at radius 1 is 1.17 bits per heavy atom. The van der Waals surface area contributed by atoms with Gasteiger partial charge in [-0.15, -0.1) is 5.10 Å². The van der Waals surface area contributed by atoms with E-state index in [1.165, 1.54) is 11.9 Å². The number of hydrazone groups is 1. The number of Topliss-reactive ketones (excluding diaryl/α,β-unsaturated/α-hetero) is 2. The Labute approximate surface area is 174 Å². The second-order valence-electron chi connectivity index (χ2n) is 7.86. The fourth-order valence-electron chi connectivity index (χ4n) is 4.23. The van der Waals surface area contributed by atoms with E-state index in [-0.39, 0.29) is 23.4 Å². The number of nitrogens with one attached hydrogen (secondary N) is 1. The maximum Gasteiger partial charge on any atom is 0.310 e. The minimum atomic E-state index is -1.87. The van der Waals surface area contributed by atoms with Gasteiger partial charge in [-0.3, -0.25) is 24.1 Å². The van der Waals surface area contributed by atoms with Crippen molar-refractivity contribution in [2.45, 2.75) is 50.5 Å². The van der Waals surface area contributed by atoms with Gasteiger partial charge in [-0.1, -0.05) is 31.0 Å².